The van der Waals surface area contributed by atoms with Crippen LogP contribution >= 0.6 is 15.9 Å². The maximum Gasteiger partial charge on any atom is 0.143 e. The molecule has 0 unspecified atom stereocenters. The molecule has 0 saturated heterocycles. The Bertz CT molecular complexity index is 552. The lowest BCUT2D eigenvalue weighted by Crippen LogP contribution is -2.25. The van der Waals surface area contributed by atoms with E-state index in [4.69, 9.17) is 0 Å². The maximum atomic E-state index is 4.47. The van der Waals surface area contributed by atoms with E-state index in [-0.39, 0.29) is 0 Å². The van der Waals surface area contributed by atoms with Gasteiger partial charge in [-0.2, -0.15) is 0 Å². The molecule has 0 bridgehead atoms. The van der Waals surface area contributed by atoms with Crippen LogP contribution in [0.4, 0.5) is 5.82 Å². The third kappa shape index (κ3) is 3.93. The van der Waals surface area contributed by atoms with Crippen LogP contribution in [0.15, 0.2) is 65.3 Å². The summed E-state index contributed by atoms with van der Waals surface area (Å²) in [5, 5.41) is 0. The van der Waals surface area contributed by atoms with Gasteiger partial charge in [0.2, 0.25) is 0 Å². The Morgan fingerprint density at radius 3 is 2.58 bits per heavy atom. The molecular formula is C16H17BrN2. The molecule has 3 heteroatoms. The van der Waals surface area contributed by atoms with Crippen molar-refractivity contribution < 1.29 is 0 Å². The average Bonchev–Trinajstić information content (AvgIpc) is 2.39. The van der Waals surface area contributed by atoms with Gasteiger partial charge in [-0.05, 0) is 40.5 Å². The van der Waals surface area contributed by atoms with Crippen LogP contribution in [0.5, 0.6) is 0 Å². The van der Waals surface area contributed by atoms with Crippen molar-refractivity contribution >= 4 is 21.7 Å². The topological polar surface area (TPSA) is 16.1 Å². The molecule has 0 saturated carbocycles. The minimum Gasteiger partial charge on any atom is -0.347 e. The summed E-state index contributed by atoms with van der Waals surface area (Å²) in [5.74, 6) is 0.953. The van der Waals surface area contributed by atoms with Crippen LogP contribution in [0.25, 0.3) is 0 Å². The third-order valence-corrected chi connectivity index (χ3v) is 3.33. The quantitative estimate of drug-likeness (QED) is 0.759. The highest BCUT2D eigenvalue weighted by molar-refractivity contribution is 9.10. The number of halogens is 1. The van der Waals surface area contributed by atoms with Gasteiger partial charge in [-0.25, -0.2) is 4.98 Å². The molecule has 0 atom stereocenters. The first-order valence-electron chi connectivity index (χ1n) is 6.20. The fourth-order valence-corrected chi connectivity index (χ4v) is 2.45. The fraction of sp³-hybridized carbons (Fsp3) is 0.188. The van der Waals surface area contributed by atoms with Crippen molar-refractivity contribution in [3.05, 3.63) is 70.8 Å². The van der Waals surface area contributed by atoms with Gasteiger partial charge in [0.1, 0.15) is 5.82 Å². The lowest BCUT2D eigenvalue weighted by molar-refractivity contribution is 0.823. The number of benzene rings is 1. The van der Waals surface area contributed by atoms with Gasteiger partial charge in [-0.1, -0.05) is 42.5 Å². The van der Waals surface area contributed by atoms with E-state index in [1.165, 1.54) is 5.56 Å². The number of rotatable bonds is 5. The number of anilines is 1. The summed E-state index contributed by atoms with van der Waals surface area (Å²) in [6, 6.07) is 14.3. The summed E-state index contributed by atoms with van der Waals surface area (Å²) in [7, 11) is 0. The Hall–Kier alpha value is -1.61. The van der Waals surface area contributed by atoms with E-state index in [1.54, 1.807) is 0 Å². The monoisotopic (exact) mass is 316 g/mol. The maximum absolute atomic E-state index is 4.47. The van der Waals surface area contributed by atoms with Gasteiger partial charge < -0.3 is 4.90 Å². The smallest absolute Gasteiger partial charge is 0.143 e. The van der Waals surface area contributed by atoms with Crippen LogP contribution in [-0.4, -0.2) is 11.5 Å². The minimum atomic E-state index is 0.796. The zero-order chi connectivity index (χ0) is 13.7. The van der Waals surface area contributed by atoms with Gasteiger partial charge in [0, 0.05) is 19.3 Å². The Labute approximate surface area is 122 Å². The van der Waals surface area contributed by atoms with Crippen molar-refractivity contribution in [2.24, 2.45) is 0 Å². The van der Waals surface area contributed by atoms with Crippen LogP contribution in [0, 0.1) is 0 Å². The van der Waals surface area contributed by atoms with Crippen molar-refractivity contribution in [3.8, 4) is 0 Å². The molecule has 0 aliphatic carbocycles. The van der Waals surface area contributed by atoms with Crippen molar-refractivity contribution in [1.82, 2.24) is 4.98 Å². The summed E-state index contributed by atoms with van der Waals surface area (Å²) in [5.41, 5.74) is 2.38. The number of aromatic nitrogens is 1. The zero-order valence-corrected chi connectivity index (χ0v) is 12.6. The molecular weight excluding hydrogens is 300 g/mol. The van der Waals surface area contributed by atoms with Crippen LogP contribution < -0.4 is 4.90 Å². The summed E-state index contributed by atoms with van der Waals surface area (Å²) in [4.78, 5) is 6.69. The van der Waals surface area contributed by atoms with Gasteiger partial charge in [-0.3, -0.25) is 0 Å². The van der Waals surface area contributed by atoms with Crippen LogP contribution in [0.2, 0.25) is 0 Å². The molecule has 1 aromatic heterocycles. The lowest BCUT2D eigenvalue weighted by atomic mass is 10.2. The molecule has 2 rings (SSSR count). The highest BCUT2D eigenvalue weighted by Gasteiger charge is 2.11. The van der Waals surface area contributed by atoms with Gasteiger partial charge in [0.15, 0.2) is 0 Å². The Morgan fingerprint density at radius 1 is 1.21 bits per heavy atom. The third-order valence-electron chi connectivity index (χ3n) is 2.72. The number of nitrogens with zero attached hydrogens (tertiary/aromatic N) is 2. The number of hydrogen-bond acceptors (Lipinski definition) is 2. The summed E-state index contributed by atoms with van der Waals surface area (Å²) in [6.45, 7) is 7.66. The van der Waals surface area contributed by atoms with E-state index < -0.39 is 0 Å². The molecule has 0 aliphatic heterocycles. The van der Waals surface area contributed by atoms with Crippen molar-refractivity contribution in [2.45, 2.75) is 13.5 Å². The van der Waals surface area contributed by atoms with Crippen molar-refractivity contribution in [1.29, 1.82) is 0 Å². The molecule has 0 spiro atoms. The normalized spacial score (nSPS) is 10.2. The second-order valence-electron chi connectivity index (χ2n) is 4.61. The number of pyridine rings is 1. The van der Waals surface area contributed by atoms with Crippen molar-refractivity contribution in [2.75, 3.05) is 11.4 Å². The largest absolute Gasteiger partial charge is 0.347 e. The van der Waals surface area contributed by atoms with Crippen LogP contribution in [0.1, 0.15) is 12.5 Å². The van der Waals surface area contributed by atoms with E-state index >= 15 is 0 Å². The number of hydrogen-bond donors (Lipinski definition) is 0. The van der Waals surface area contributed by atoms with Gasteiger partial charge in [0.25, 0.3) is 0 Å². The molecule has 2 aromatic rings. The second kappa shape index (κ2) is 6.53. The van der Waals surface area contributed by atoms with Gasteiger partial charge in [0.05, 0.1) is 4.47 Å². The molecule has 0 aliphatic rings. The minimum absolute atomic E-state index is 0.796. The van der Waals surface area contributed by atoms with Crippen LogP contribution in [0.3, 0.4) is 0 Å². The molecule has 2 nitrogen and oxygen atoms in total. The standard InChI is InChI=1S/C16H17BrN2/c1-13(2)11-19(12-14-7-4-3-5-8-14)16-15(17)9-6-10-18-16/h3-10H,1,11-12H2,2H3. The first kappa shape index (κ1) is 13.8. The van der Waals surface area contributed by atoms with E-state index in [1.807, 2.05) is 31.3 Å². The Kier molecular flexibility index (Phi) is 4.74. The van der Waals surface area contributed by atoms with E-state index in [2.05, 4.69) is 56.7 Å². The predicted molar refractivity (Wildman–Crippen MR) is 84.2 cm³/mol. The average molecular weight is 317 g/mol. The molecule has 1 heterocycles. The molecule has 19 heavy (non-hydrogen) atoms. The van der Waals surface area contributed by atoms with Crippen molar-refractivity contribution in [3.63, 3.8) is 0 Å². The molecule has 0 radical (unpaired) electrons. The summed E-state index contributed by atoms with van der Waals surface area (Å²) in [6.07, 6.45) is 1.82. The van der Waals surface area contributed by atoms with E-state index in [0.717, 1.165) is 29.0 Å². The second-order valence-corrected chi connectivity index (χ2v) is 5.46. The highest BCUT2D eigenvalue weighted by Crippen LogP contribution is 2.25. The molecule has 0 amide bonds. The first-order chi connectivity index (χ1) is 9.16. The molecule has 0 N–H and O–H groups in total. The Balaban J connectivity index is 2.26. The van der Waals surface area contributed by atoms with Crippen LogP contribution in [-0.2, 0) is 6.54 Å². The molecule has 98 valence electrons. The SMILES string of the molecule is C=C(C)CN(Cc1ccccc1)c1ncccc1Br. The predicted octanol–water partition coefficient (Wildman–Crippen LogP) is 4.43. The van der Waals surface area contributed by atoms with E-state index in [9.17, 15) is 0 Å². The summed E-state index contributed by atoms with van der Waals surface area (Å²) < 4.78 is 1.01. The first-order valence-corrected chi connectivity index (χ1v) is 7.00. The molecule has 1 aromatic carbocycles. The lowest BCUT2D eigenvalue weighted by Gasteiger charge is -2.25. The molecule has 0 fully saturated rings. The zero-order valence-electron chi connectivity index (χ0n) is 11.0. The van der Waals surface area contributed by atoms with Gasteiger partial charge >= 0.3 is 0 Å². The summed E-state index contributed by atoms with van der Waals surface area (Å²) >= 11 is 3.57. The highest BCUT2D eigenvalue weighted by atomic mass is 79.9. The fourth-order valence-electron chi connectivity index (χ4n) is 1.95. The van der Waals surface area contributed by atoms with E-state index in [0.29, 0.717) is 0 Å². The Morgan fingerprint density at radius 2 is 1.95 bits per heavy atom. The van der Waals surface area contributed by atoms with Gasteiger partial charge in [-0.15, -0.1) is 0 Å².